The Labute approximate surface area is 184 Å². The van der Waals surface area contributed by atoms with Crippen LogP contribution in [0.3, 0.4) is 0 Å². The van der Waals surface area contributed by atoms with E-state index in [0.717, 1.165) is 29.9 Å². The first-order chi connectivity index (χ1) is 14.7. The van der Waals surface area contributed by atoms with Crippen LogP contribution in [0.15, 0.2) is 30.3 Å². The van der Waals surface area contributed by atoms with Crippen LogP contribution in [-0.2, 0) is 9.53 Å². The molecule has 168 valence electrons. The predicted octanol–water partition coefficient (Wildman–Crippen LogP) is 4.17. The number of esters is 1. The first-order valence-corrected chi connectivity index (χ1v) is 10.7. The van der Waals surface area contributed by atoms with E-state index in [1.807, 2.05) is 24.5 Å². The molecule has 0 radical (unpaired) electrons. The standard InChI is InChI=1S/C24H33N3O4/c1-16(2)19-9-11-20(12-10-19)27-17(3)14-21(18(27)4)22(28)15-31-23(29)8-6-5-7-13-26-24(25)30/h9-12,14,16H,5-8,13,15H2,1-4H3,(H3,25,26,30). The molecular formula is C24H33N3O4. The average molecular weight is 428 g/mol. The number of amides is 2. The summed E-state index contributed by atoms with van der Waals surface area (Å²) in [5.74, 6) is -0.147. The number of carbonyl (C=O) groups excluding carboxylic acids is 3. The number of nitrogens with zero attached hydrogens (tertiary/aromatic N) is 1. The number of unbranched alkanes of at least 4 members (excludes halogenated alkanes) is 2. The van der Waals surface area contributed by atoms with E-state index in [-0.39, 0.29) is 18.8 Å². The van der Waals surface area contributed by atoms with E-state index in [4.69, 9.17) is 10.5 Å². The van der Waals surface area contributed by atoms with Crippen LogP contribution in [-0.4, -0.2) is 35.5 Å². The van der Waals surface area contributed by atoms with Gasteiger partial charge in [0.15, 0.2) is 6.61 Å². The fourth-order valence-corrected chi connectivity index (χ4v) is 3.53. The van der Waals surface area contributed by atoms with Gasteiger partial charge in [0.2, 0.25) is 5.78 Å². The zero-order valence-electron chi connectivity index (χ0n) is 18.9. The SMILES string of the molecule is Cc1cc(C(=O)COC(=O)CCCCCNC(N)=O)c(C)n1-c1ccc(C(C)C)cc1. The van der Waals surface area contributed by atoms with Crippen molar-refractivity contribution in [3.05, 3.63) is 52.8 Å². The topological polar surface area (TPSA) is 103 Å². The molecule has 1 aromatic carbocycles. The number of benzene rings is 1. The number of hydrogen-bond donors (Lipinski definition) is 2. The number of Topliss-reactive ketones (excluding diaryl/α,β-unsaturated/α-hetero) is 1. The molecule has 0 aliphatic rings. The Balaban J connectivity index is 1.89. The van der Waals surface area contributed by atoms with E-state index in [0.29, 0.717) is 24.4 Å². The second-order valence-electron chi connectivity index (χ2n) is 8.05. The number of ketones is 1. The minimum absolute atomic E-state index is 0.211. The van der Waals surface area contributed by atoms with Crippen molar-refractivity contribution >= 4 is 17.8 Å². The fourth-order valence-electron chi connectivity index (χ4n) is 3.53. The molecule has 7 heteroatoms. The highest BCUT2D eigenvalue weighted by atomic mass is 16.5. The number of aryl methyl sites for hydroxylation is 1. The molecule has 0 saturated carbocycles. The lowest BCUT2D eigenvalue weighted by Gasteiger charge is -2.12. The van der Waals surface area contributed by atoms with Gasteiger partial charge in [-0.1, -0.05) is 32.4 Å². The predicted molar refractivity (Wildman–Crippen MR) is 121 cm³/mol. The molecule has 0 bridgehead atoms. The highest BCUT2D eigenvalue weighted by Gasteiger charge is 2.18. The number of primary amides is 1. The maximum absolute atomic E-state index is 12.6. The van der Waals surface area contributed by atoms with Gasteiger partial charge in [-0.3, -0.25) is 9.59 Å². The minimum atomic E-state index is -0.551. The van der Waals surface area contributed by atoms with E-state index in [1.54, 1.807) is 0 Å². The van der Waals surface area contributed by atoms with Gasteiger partial charge in [0, 0.05) is 35.6 Å². The summed E-state index contributed by atoms with van der Waals surface area (Å²) in [6, 6.07) is 9.61. The molecule has 1 heterocycles. The highest BCUT2D eigenvalue weighted by Crippen LogP contribution is 2.23. The van der Waals surface area contributed by atoms with Gasteiger partial charge in [-0.25, -0.2) is 4.79 Å². The molecule has 7 nitrogen and oxygen atoms in total. The van der Waals surface area contributed by atoms with Crippen LogP contribution in [0.25, 0.3) is 5.69 Å². The normalized spacial score (nSPS) is 10.9. The number of urea groups is 1. The van der Waals surface area contributed by atoms with Gasteiger partial charge in [0.1, 0.15) is 0 Å². The summed E-state index contributed by atoms with van der Waals surface area (Å²) in [6.45, 7) is 8.38. The van der Waals surface area contributed by atoms with Crippen molar-refractivity contribution in [2.75, 3.05) is 13.2 Å². The van der Waals surface area contributed by atoms with Gasteiger partial charge in [-0.2, -0.15) is 0 Å². The third-order valence-corrected chi connectivity index (χ3v) is 5.27. The lowest BCUT2D eigenvalue weighted by atomic mass is 10.0. The quantitative estimate of drug-likeness (QED) is 0.319. The van der Waals surface area contributed by atoms with Gasteiger partial charge in [0.25, 0.3) is 0 Å². The Bertz CT molecular complexity index is 914. The number of rotatable bonds is 11. The Morgan fingerprint density at radius 1 is 1.06 bits per heavy atom. The first kappa shape index (κ1) is 24.2. The molecule has 31 heavy (non-hydrogen) atoms. The monoisotopic (exact) mass is 427 g/mol. The summed E-state index contributed by atoms with van der Waals surface area (Å²) in [5, 5.41) is 2.50. The molecule has 0 unspecified atom stereocenters. The number of nitrogens with two attached hydrogens (primary N) is 1. The zero-order valence-corrected chi connectivity index (χ0v) is 18.9. The fraction of sp³-hybridized carbons (Fsp3) is 0.458. The molecule has 0 spiro atoms. The first-order valence-electron chi connectivity index (χ1n) is 10.7. The van der Waals surface area contributed by atoms with Gasteiger partial charge >= 0.3 is 12.0 Å². The second kappa shape index (κ2) is 11.3. The van der Waals surface area contributed by atoms with E-state index in [2.05, 4.69) is 43.4 Å². The highest BCUT2D eigenvalue weighted by molar-refractivity contribution is 5.99. The minimum Gasteiger partial charge on any atom is -0.457 e. The van der Waals surface area contributed by atoms with E-state index < -0.39 is 12.0 Å². The molecule has 0 aliphatic carbocycles. The summed E-state index contributed by atoms with van der Waals surface area (Å²) in [7, 11) is 0. The molecule has 0 atom stereocenters. The van der Waals surface area contributed by atoms with E-state index in [1.165, 1.54) is 5.56 Å². The molecule has 0 aliphatic heterocycles. The number of ether oxygens (including phenoxy) is 1. The molecule has 1 aromatic heterocycles. The van der Waals surface area contributed by atoms with Gasteiger partial charge < -0.3 is 20.4 Å². The number of carbonyl (C=O) groups is 3. The van der Waals surface area contributed by atoms with Crippen molar-refractivity contribution in [2.45, 2.75) is 59.3 Å². The van der Waals surface area contributed by atoms with Crippen molar-refractivity contribution in [3.63, 3.8) is 0 Å². The van der Waals surface area contributed by atoms with E-state index in [9.17, 15) is 14.4 Å². The number of nitrogens with one attached hydrogen (secondary N) is 1. The second-order valence-corrected chi connectivity index (χ2v) is 8.05. The molecule has 2 amide bonds. The summed E-state index contributed by atoms with van der Waals surface area (Å²) in [6.07, 6.45) is 2.37. The molecule has 2 aromatic rings. The largest absolute Gasteiger partial charge is 0.457 e. The third kappa shape index (κ3) is 6.98. The van der Waals surface area contributed by atoms with Crippen LogP contribution in [0.5, 0.6) is 0 Å². The van der Waals surface area contributed by atoms with Crippen molar-refractivity contribution < 1.29 is 19.1 Å². The zero-order chi connectivity index (χ0) is 23.0. The van der Waals surface area contributed by atoms with Gasteiger partial charge in [-0.15, -0.1) is 0 Å². The third-order valence-electron chi connectivity index (χ3n) is 5.27. The summed E-state index contributed by atoms with van der Waals surface area (Å²) < 4.78 is 7.21. The van der Waals surface area contributed by atoms with Crippen LogP contribution in [0.2, 0.25) is 0 Å². The Kier molecular flexibility index (Phi) is 8.85. The Morgan fingerprint density at radius 2 is 1.74 bits per heavy atom. The Hall–Kier alpha value is -3.09. The van der Waals surface area contributed by atoms with Gasteiger partial charge in [0.05, 0.1) is 0 Å². The molecule has 2 rings (SSSR count). The maximum atomic E-state index is 12.6. The molecule has 0 fully saturated rings. The smallest absolute Gasteiger partial charge is 0.312 e. The van der Waals surface area contributed by atoms with Crippen LogP contribution in [0.4, 0.5) is 4.79 Å². The average Bonchev–Trinajstić information content (AvgIpc) is 3.02. The van der Waals surface area contributed by atoms with Crippen molar-refractivity contribution in [1.29, 1.82) is 0 Å². The van der Waals surface area contributed by atoms with Crippen LogP contribution >= 0.6 is 0 Å². The molecular weight excluding hydrogens is 394 g/mol. The number of hydrogen-bond acceptors (Lipinski definition) is 4. The summed E-state index contributed by atoms with van der Waals surface area (Å²) in [4.78, 5) is 35.1. The van der Waals surface area contributed by atoms with Crippen molar-refractivity contribution in [3.8, 4) is 5.69 Å². The van der Waals surface area contributed by atoms with Crippen LogP contribution in [0, 0.1) is 13.8 Å². The molecule has 0 saturated heterocycles. The van der Waals surface area contributed by atoms with E-state index >= 15 is 0 Å². The Morgan fingerprint density at radius 3 is 2.35 bits per heavy atom. The number of aromatic nitrogens is 1. The van der Waals surface area contributed by atoms with Crippen LogP contribution in [0.1, 0.15) is 72.8 Å². The summed E-state index contributed by atoms with van der Waals surface area (Å²) in [5.41, 5.74) is 9.60. The lowest BCUT2D eigenvalue weighted by molar-refractivity contribution is -0.142. The summed E-state index contributed by atoms with van der Waals surface area (Å²) >= 11 is 0. The van der Waals surface area contributed by atoms with Crippen LogP contribution < -0.4 is 11.1 Å². The van der Waals surface area contributed by atoms with Crippen molar-refractivity contribution in [1.82, 2.24) is 9.88 Å². The van der Waals surface area contributed by atoms with Crippen molar-refractivity contribution in [2.24, 2.45) is 5.73 Å². The van der Waals surface area contributed by atoms with Gasteiger partial charge in [-0.05, 0) is 56.4 Å². The maximum Gasteiger partial charge on any atom is 0.312 e. The lowest BCUT2D eigenvalue weighted by Crippen LogP contribution is -2.29. The molecule has 3 N–H and O–H groups in total.